The van der Waals surface area contributed by atoms with E-state index in [-0.39, 0.29) is 11.7 Å². The van der Waals surface area contributed by atoms with Crippen molar-refractivity contribution in [3.05, 3.63) is 65.2 Å². The van der Waals surface area contributed by atoms with Crippen LogP contribution in [0.1, 0.15) is 33.8 Å². The summed E-state index contributed by atoms with van der Waals surface area (Å²) in [6, 6.07) is 15.9. The number of carbonyl (C=O) groups is 1. The van der Waals surface area contributed by atoms with Crippen LogP contribution in [-0.4, -0.2) is 12.9 Å². The zero-order chi connectivity index (χ0) is 12.5. The molecule has 1 aliphatic rings. The van der Waals surface area contributed by atoms with Gasteiger partial charge in [0.15, 0.2) is 5.78 Å². The topological polar surface area (TPSA) is 26.3 Å². The van der Waals surface area contributed by atoms with Crippen LogP contribution < -0.4 is 4.74 Å². The van der Waals surface area contributed by atoms with Gasteiger partial charge in [-0.3, -0.25) is 4.79 Å². The highest BCUT2D eigenvalue weighted by Gasteiger charge is 2.30. The first kappa shape index (κ1) is 11.0. The van der Waals surface area contributed by atoms with E-state index in [0.29, 0.717) is 6.42 Å². The Labute approximate surface area is 106 Å². The SMILES string of the molecule is COc1ccc2c(c1)[C@@H](c1ccccc1)CC2=O. The number of methoxy groups -OCH3 is 1. The van der Waals surface area contributed by atoms with Gasteiger partial charge in [-0.25, -0.2) is 0 Å². The summed E-state index contributed by atoms with van der Waals surface area (Å²) in [6.45, 7) is 0. The van der Waals surface area contributed by atoms with Crippen LogP contribution in [0.2, 0.25) is 0 Å². The maximum Gasteiger partial charge on any atom is 0.164 e. The summed E-state index contributed by atoms with van der Waals surface area (Å²) in [6.07, 6.45) is 0.562. The molecule has 0 radical (unpaired) electrons. The molecule has 0 bridgehead atoms. The summed E-state index contributed by atoms with van der Waals surface area (Å²) in [4.78, 5) is 12.0. The Morgan fingerprint density at radius 3 is 2.61 bits per heavy atom. The van der Waals surface area contributed by atoms with Gasteiger partial charge >= 0.3 is 0 Å². The highest BCUT2D eigenvalue weighted by atomic mass is 16.5. The molecular formula is C16H14O2. The van der Waals surface area contributed by atoms with Gasteiger partial charge in [0, 0.05) is 17.9 Å². The van der Waals surface area contributed by atoms with Crippen molar-refractivity contribution >= 4 is 5.78 Å². The fourth-order valence-electron chi connectivity index (χ4n) is 2.60. The van der Waals surface area contributed by atoms with Crippen LogP contribution in [0.5, 0.6) is 5.75 Å². The van der Waals surface area contributed by atoms with Crippen molar-refractivity contribution in [1.82, 2.24) is 0 Å². The number of hydrogen-bond donors (Lipinski definition) is 0. The van der Waals surface area contributed by atoms with Crippen LogP contribution in [0.4, 0.5) is 0 Å². The fraction of sp³-hybridized carbons (Fsp3) is 0.188. The van der Waals surface area contributed by atoms with Crippen LogP contribution >= 0.6 is 0 Å². The standard InChI is InChI=1S/C16H14O2/c1-18-12-7-8-13-15(9-12)14(10-16(13)17)11-5-3-2-4-6-11/h2-9,14H,10H2,1H3/t14-/m1/s1. The summed E-state index contributed by atoms with van der Waals surface area (Å²) >= 11 is 0. The molecule has 0 heterocycles. The van der Waals surface area contributed by atoms with E-state index in [0.717, 1.165) is 16.9 Å². The summed E-state index contributed by atoms with van der Waals surface area (Å²) in [7, 11) is 1.65. The van der Waals surface area contributed by atoms with Crippen molar-refractivity contribution in [2.24, 2.45) is 0 Å². The van der Waals surface area contributed by atoms with Crippen LogP contribution in [0, 0.1) is 0 Å². The first-order chi connectivity index (χ1) is 8.79. The summed E-state index contributed by atoms with van der Waals surface area (Å²) in [5.74, 6) is 1.20. The zero-order valence-electron chi connectivity index (χ0n) is 10.2. The minimum absolute atomic E-state index is 0.170. The number of hydrogen-bond acceptors (Lipinski definition) is 2. The number of fused-ring (bicyclic) bond motifs is 1. The smallest absolute Gasteiger partial charge is 0.164 e. The number of ether oxygens (including phenoxy) is 1. The number of Topliss-reactive ketones (excluding diaryl/α,β-unsaturated/α-hetero) is 1. The third kappa shape index (κ3) is 1.70. The third-order valence-corrected chi connectivity index (χ3v) is 3.53. The molecule has 2 heteroatoms. The van der Waals surface area contributed by atoms with E-state index in [1.807, 2.05) is 36.4 Å². The normalized spacial score (nSPS) is 17.6. The minimum Gasteiger partial charge on any atom is -0.497 e. The molecule has 0 fully saturated rings. The van der Waals surface area contributed by atoms with E-state index in [4.69, 9.17) is 4.74 Å². The van der Waals surface area contributed by atoms with E-state index in [9.17, 15) is 4.79 Å². The lowest BCUT2D eigenvalue weighted by molar-refractivity contribution is 0.0991. The van der Waals surface area contributed by atoms with Crippen molar-refractivity contribution < 1.29 is 9.53 Å². The fourth-order valence-corrected chi connectivity index (χ4v) is 2.60. The van der Waals surface area contributed by atoms with Crippen LogP contribution in [0.25, 0.3) is 0 Å². The predicted molar refractivity (Wildman–Crippen MR) is 70.2 cm³/mol. The number of carbonyl (C=O) groups excluding carboxylic acids is 1. The van der Waals surface area contributed by atoms with Crippen molar-refractivity contribution in [2.45, 2.75) is 12.3 Å². The molecule has 2 aromatic carbocycles. The summed E-state index contributed by atoms with van der Waals surface area (Å²) in [5, 5.41) is 0. The van der Waals surface area contributed by atoms with Gasteiger partial charge in [-0.2, -0.15) is 0 Å². The molecule has 1 aliphatic carbocycles. The molecule has 0 saturated carbocycles. The Bertz CT molecular complexity index is 587. The van der Waals surface area contributed by atoms with Crippen LogP contribution in [0.3, 0.4) is 0 Å². The van der Waals surface area contributed by atoms with Gasteiger partial charge < -0.3 is 4.74 Å². The Balaban J connectivity index is 2.10. The number of benzene rings is 2. The minimum atomic E-state index is 0.170. The Morgan fingerprint density at radius 1 is 1.11 bits per heavy atom. The van der Waals surface area contributed by atoms with E-state index in [1.54, 1.807) is 7.11 Å². The average Bonchev–Trinajstić information content (AvgIpc) is 2.76. The number of rotatable bonds is 2. The maximum atomic E-state index is 12.0. The van der Waals surface area contributed by atoms with E-state index < -0.39 is 0 Å². The van der Waals surface area contributed by atoms with Gasteiger partial charge in [0.05, 0.1) is 7.11 Å². The second-order valence-electron chi connectivity index (χ2n) is 4.54. The molecule has 2 aromatic rings. The quantitative estimate of drug-likeness (QED) is 0.801. The average molecular weight is 238 g/mol. The Morgan fingerprint density at radius 2 is 1.89 bits per heavy atom. The molecule has 0 N–H and O–H groups in total. The Kier molecular flexibility index (Phi) is 2.63. The highest BCUT2D eigenvalue weighted by Crippen LogP contribution is 2.39. The third-order valence-electron chi connectivity index (χ3n) is 3.53. The van der Waals surface area contributed by atoms with Gasteiger partial charge in [-0.15, -0.1) is 0 Å². The molecule has 0 unspecified atom stereocenters. The second-order valence-corrected chi connectivity index (χ2v) is 4.54. The lowest BCUT2D eigenvalue weighted by atomic mass is 9.93. The second kappa shape index (κ2) is 4.30. The van der Waals surface area contributed by atoms with Crippen molar-refractivity contribution in [3.63, 3.8) is 0 Å². The maximum absolute atomic E-state index is 12.0. The molecule has 90 valence electrons. The summed E-state index contributed by atoms with van der Waals surface area (Å²) in [5.41, 5.74) is 3.12. The van der Waals surface area contributed by atoms with Gasteiger partial charge in [-0.05, 0) is 29.3 Å². The molecule has 2 nitrogen and oxygen atoms in total. The molecule has 0 aliphatic heterocycles. The molecule has 18 heavy (non-hydrogen) atoms. The van der Waals surface area contributed by atoms with Crippen molar-refractivity contribution in [3.8, 4) is 5.75 Å². The van der Waals surface area contributed by atoms with E-state index >= 15 is 0 Å². The molecule has 0 saturated heterocycles. The first-order valence-corrected chi connectivity index (χ1v) is 6.05. The van der Waals surface area contributed by atoms with E-state index in [2.05, 4.69) is 12.1 Å². The molecule has 0 aromatic heterocycles. The molecular weight excluding hydrogens is 224 g/mol. The van der Waals surface area contributed by atoms with E-state index in [1.165, 1.54) is 5.56 Å². The molecule has 0 amide bonds. The monoisotopic (exact) mass is 238 g/mol. The lowest BCUT2D eigenvalue weighted by Crippen LogP contribution is -1.96. The predicted octanol–water partition coefficient (Wildman–Crippen LogP) is 3.41. The van der Waals surface area contributed by atoms with Crippen molar-refractivity contribution in [2.75, 3.05) is 7.11 Å². The molecule has 0 spiro atoms. The largest absolute Gasteiger partial charge is 0.497 e. The lowest BCUT2D eigenvalue weighted by Gasteiger charge is -2.11. The van der Waals surface area contributed by atoms with Gasteiger partial charge in [0.1, 0.15) is 5.75 Å². The van der Waals surface area contributed by atoms with Crippen LogP contribution in [0.15, 0.2) is 48.5 Å². The van der Waals surface area contributed by atoms with Gasteiger partial charge in [0.25, 0.3) is 0 Å². The zero-order valence-corrected chi connectivity index (χ0v) is 10.2. The first-order valence-electron chi connectivity index (χ1n) is 6.05. The van der Waals surface area contributed by atoms with Gasteiger partial charge in [0.2, 0.25) is 0 Å². The van der Waals surface area contributed by atoms with Gasteiger partial charge in [-0.1, -0.05) is 30.3 Å². The Hall–Kier alpha value is -2.09. The van der Waals surface area contributed by atoms with Crippen molar-refractivity contribution in [1.29, 1.82) is 0 Å². The molecule has 1 atom stereocenters. The molecule has 3 rings (SSSR count). The summed E-state index contributed by atoms with van der Waals surface area (Å²) < 4.78 is 5.25. The van der Waals surface area contributed by atoms with Crippen LogP contribution in [-0.2, 0) is 0 Å². The highest BCUT2D eigenvalue weighted by molar-refractivity contribution is 6.02. The number of ketones is 1.